The lowest BCUT2D eigenvalue weighted by Gasteiger charge is -2.14. The first kappa shape index (κ1) is 14.7. The molecule has 0 saturated carbocycles. The van der Waals surface area contributed by atoms with Gasteiger partial charge in [-0.3, -0.25) is 0 Å². The van der Waals surface area contributed by atoms with Crippen LogP contribution in [0.2, 0.25) is 5.02 Å². The van der Waals surface area contributed by atoms with Crippen LogP contribution >= 0.6 is 11.6 Å². The van der Waals surface area contributed by atoms with Crippen molar-refractivity contribution in [1.82, 2.24) is 0 Å². The van der Waals surface area contributed by atoms with Crippen LogP contribution in [0, 0.1) is 19.7 Å². The Bertz CT molecular complexity index is 628. The van der Waals surface area contributed by atoms with Gasteiger partial charge in [0, 0.05) is 17.6 Å². The van der Waals surface area contributed by atoms with E-state index in [1.54, 1.807) is 19.2 Å². The second-order valence-corrected chi connectivity index (χ2v) is 5.13. The Balaban J connectivity index is 2.22. The van der Waals surface area contributed by atoms with Crippen molar-refractivity contribution in [1.29, 1.82) is 0 Å². The molecule has 0 spiro atoms. The van der Waals surface area contributed by atoms with Gasteiger partial charge in [0.05, 0.1) is 12.8 Å². The summed E-state index contributed by atoms with van der Waals surface area (Å²) in [6, 6.07) is 8.48. The van der Waals surface area contributed by atoms with Crippen LogP contribution in [0.3, 0.4) is 0 Å². The number of halogens is 2. The Labute approximate surface area is 123 Å². The Hall–Kier alpha value is -1.74. The van der Waals surface area contributed by atoms with Crippen molar-refractivity contribution in [2.24, 2.45) is 0 Å². The van der Waals surface area contributed by atoms with Crippen molar-refractivity contribution in [3.8, 4) is 5.75 Å². The number of benzene rings is 2. The van der Waals surface area contributed by atoms with Crippen LogP contribution in [-0.4, -0.2) is 7.11 Å². The molecule has 0 atom stereocenters. The maximum absolute atomic E-state index is 13.3. The molecule has 2 nitrogen and oxygen atoms in total. The fourth-order valence-electron chi connectivity index (χ4n) is 1.99. The molecule has 0 heterocycles. The number of rotatable bonds is 4. The summed E-state index contributed by atoms with van der Waals surface area (Å²) in [7, 11) is 1.60. The minimum absolute atomic E-state index is 0.230. The van der Waals surface area contributed by atoms with Crippen LogP contribution in [0.1, 0.15) is 16.7 Å². The van der Waals surface area contributed by atoms with Gasteiger partial charge >= 0.3 is 0 Å². The minimum atomic E-state index is -0.230. The highest BCUT2D eigenvalue weighted by atomic mass is 35.5. The normalized spacial score (nSPS) is 10.4. The molecule has 0 amide bonds. The van der Waals surface area contributed by atoms with E-state index in [2.05, 4.69) is 5.32 Å². The molecule has 2 rings (SSSR count). The molecule has 106 valence electrons. The third kappa shape index (κ3) is 3.23. The number of nitrogens with one attached hydrogen (secondary N) is 1. The van der Waals surface area contributed by atoms with E-state index in [1.165, 1.54) is 12.1 Å². The van der Waals surface area contributed by atoms with Gasteiger partial charge in [-0.25, -0.2) is 4.39 Å². The van der Waals surface area contributed by atoms with E-state index in [0.29, 0.717) is 17.3 Å². The first-order valence-electron chi connectivity index (χ1n) is 6.34. The summed E-state index contributed by atoms with van der Waals surface area (Å²) in [5.41, 5.74) is 3.77. The highest BCUT2D eigenvalue weighted by Crippen LogP contribution is 2.31. The van der Waals surface area contributed by atoms with E-state index in [-0.39, 0.29) is 5.82 Å². The lowest BCUT2D eigenvalue weighted by molar-refractivity contribution is 0.416. The topological polar surface area (TPSA) is 21.3 Å². The first-order valence-corrected chi connectivity index (χ1v) is 6.72. The minimum Gasteiger partial charge on any atom is -0.495 e. The number of aryl methyl sites for hydroxylation is 2. The third-order valence-corrected chi connectivity index (χ3v) is 3.67. The SMILES string of the molecule is COc1cc(Cl)c(C)cc1NCc1cc(F)ccc1C. The van der Waals surface area contributed by atoms with Gasteiger partial charge in [0.15, 0.2) is 0 Å². The van der Waals surface area contributed by atoms with Gasteiger partial charge in [-0.05, 0) is 48.7 Å². The molecule has 0 saturated heterocycles. The molecule has 0 bridgehead atoms. The summed E-state index contributed by atoms with van der Waals surface area (Å²) in [4.78, 5) is 0. The number of anilines is 1. The predicted octanol–water partition coefficient (Wildman–Crippen LogP) is 4.72. The van der Waals surface area contributed by atoms with Gasteiger partial charge in [-0.2, -0.15) is 0 Å². The van der Waals surface area contributed by atoms with E-state index in [1.807, 2.05) is 19.9 Å². The molecular weight excluding hydrogens is 277 g/mol. The van der Waals surface area contributed by atoms with Crippen LogP contribution < -0.4 is 10.1 Å². The van der Waals surface area contributed by atoms with Crippen molar-refractivity contribution < 1.29 is 9.13 Å². The number of ether oxygens (including phenoxy) is 1. The second kappa shape index (κ2) is 6.14. The summed E-state index contributed by atoms with van der Waals surface area (Å²) in [6.45, 7) is 4.42. The Morgan fingerprint density at radius 2 is 1.90 bits per heavy atom. The van der Waals surface area contributed by atoms with Gasteiger partial charge in [0.25, 0.3) is 0 Å². The molecule has 0 aromatic heterocycles. The molecule has 0 aliphatic rings. The smallest absolute Gasteiger partial charge is 0.143 e. The monoisotopic (exact) mass is 293 g/mol. The molecule has 2 aromatic rings. The maximum atomic E-state index is 13.3. The molecule has 2 aromatic carbocycles. The Morgan fingerprint density at radius 1 is 1.15 bits per heavy atom. The van der Waals surface area contributed by atoms with Crippen molar-refractivity contribution in [3.05, 3.63) is 57.9 Å². The summed E-state index contributed by atoms with van der Waals surface area (Å²) in [6.07, 6.45) is 0. The van der Waals surface area contributed by atoms with Crippen LogP contribution in [0.15, 0.2) is 30.3 Å². The number of hydrogen-bond donors (Lipinski definition) is 1. The average molecular weight is 294 g/mol. The Morgan fingerprint density at radius 3 is 2.60 bits per heavy atom. The van der Waals surface area contributed by atoms with Crippen molar-refractivity contribution in [3.63, 3.8) is 0 Å². The zero-order valence-electron chi connectivity index (χ0n) is 11.8. The predicted molar refractivity (Wildman–Crippen MR) is 81.2 cm³/mol. The van der Waals surface area contributed by atoms with Crippen LogP contribution in [0.4, 0.5) is 10.1 Å². The lowest BCUT2D eigenvalue weighted by atomic mass is 10.1. The molecule has 0 aliphatic carbocycles. The van der Waals surface area contributed by atoms with Crippen molar-refractivity contribution in [2.45, 2.75) is 20.4 Å². The first-order chi connectivity index (χ1) is 9.51. The van der Waals surface area contributed by atoms with Crippen LogP contribution in [0.5, 0.6) is 5.75 Å². The molecule has 20 heavy (non-hydrogen) atoms. The van der Waals surface area contributed by atoms with E-state index in [0.717, 1.165) is 22.4 Å². The standard InChI is InChI=1S/C16H17ClFNO/c1-10-4-5-13(18)7-12(10)9-19-15-6-11(2)14(17)8-16(15)20-3/h4-8,19H,9H2,1-3H3. The molecule has 1 N–H and O–H groups in total. The molecule has 0 fully saturated rings. The highest BCUT2D eigenvalue weighted by Gasteiger charge is 2.08. The van der Waals surface area contributed by atoms with E-state index in [9.17, 15) is 4.39 Å². The number of methoxy groups -OCH3 is 1. The molecular formula is C16H17ClFNO. The van der Waals surface area contributed by atoms with Crippen LogP contribution in [-0.2, 0) is 6.54 Å². The molecule has 0 radical (unpaired) electrons. The fourth-order valence-corrected chi connectivity index (χ4v) is 2.14. The zero-order valence-corrected chi connectivity index (χ0v) is 12.5. The summed E-state index contributed by atoms with van der Waals surface area (Å²) < 4.78 is 18.6. The quantitative estimate of drug-likeness (QED) is 0.881. The largest absolute Gasteiger partial charge is 0.495 e. The lowest BCUT2D eigenvalue weighted by Crippen LogP contribution is -2.04. The zero-order chi connectivity index (χ0) is 14.7. The Kier molecular flexibility index (Phi) is 4.50. The summed E-state index contributed by atoms with van der Waals surface area (Å²) in [5.74, 6) is 0.446. The van der Waals surface area contributed by atoms with E-state index < -0.39 is 0 Å². The van der Waals surface area contributed by atoms with Crippen LogP contribution in [0.25, 0.3) is 0 Å². The van der Waals surface area contributed by atoms with E-state index in [4.69, 9.17) is 16.3 Å². The molecule has 0 aliphatic heterocycles. The van der Waals surface area contributed by atoms with Gasteiger partial charge in [0.1, 0.15) is 11.6 Å². The summed E-state index contributed by atoms with van der Waals surface area (Å²) >= 11 is 6.07. The fraction of sp³-hybridized carbons (Fsp3) is 0.250. The maximum Gasteiger partial charge on any atom is 0.143 e. The average Bonchev–Trinajstić information content (AvgIpc) is 2.43. The highest BCUT2D eigenvalue weighted by molar-refractivity contribution is 6.31. The summed E-state index contributed by atoms with van der Waals surface area (Å²) in [5, 5.41) is 3.93. The molecule has 4 heteroatoms. The third-order valence-electron chi connectivity index (χ3n) is 3.26. The van der Waals surface area contributed by atoms with Crippen molar-refractivity contribution >= 4 is 17.3 Å². The van der Waals surface area contributed by atoms with Gasteiger partial charge < -0.3 is 10.1 Å². The van der Waals surface area contributed by atoms with Gasteiger partial charge in [-0.1, -0.05) is 17.7 Å². The van der Waals surface area contributed by atoms with E-state index >= 15 is 0 Å². The molecule has 0 unspecified atom stereocenters. The second-order valence-electron chi connectivity index (χ2n) is 4.73. The van der Waals surface area contributed by atoms with Crippen molar-refractivity contribution in [2.75, 3.05) is 12.4 Å². The number of hydrogen-bond acceptors (Lipinski definition) is 2. The van der Waals surface area contributed by atoms with Gasteiger partial charge in [0.2, 0.25) is 0 Å². The van der Waals surface area contributed by atoms with Gasteiger partial charge in [-0.15, -0.1) is 0 Å².